The predicted octanol–water partition coefficient (Wildman–Crippen LogP) is 3.63. The Balaban J connectivity index is 2.38. The van der Waals surface area contributed by atoms with E-state index in [1.165, 1.54) is 0 Å². The van der Waals surface area contributed by atoms with Crippen molar-refractivity contribution >= 4 is 83.8 Å². The van der Waals surface area contributed by atoms with Crippen LogP contribution in [0.2, 0.25) is 0 Å². The Morgan fingerprint density at radius 1 is 1.26 bits per heavy atom. The number of rotatable bonds is 8. The van der Waals surface area contributed by atoms with E-state index in [1.54, 1.807) is 0 Å². The Morgan fingerprint density at radius 2 is 1.91 bits per heavy atom. The standard InChI is InChI=1S/C13H15FI3NO4S/c14-8(7-23(20,21)22)3-1-2-4-18-13(19)10-5-9(15)6-11(16)12(10)17/h5-6,8H,1-4,7H2,(H,18,19)(H,20,21,22). The van der Waals surface area contributed by atoms with Crippen molar-refractivity contribution in [2.45, 2.75) is 25.4 Å². The normalized spacial score (nSPS) is 12.9. The van der Waals surface area contributed by atoms with E-state index in [4.69, 9.17) is 4.55 Å². The van der Waals surface area contributed by atoms with Crippen LogP contribution >= 0.6 is 67.8 Å². The summed E-state index contributed by atoms with van der Waals surface area (Å²) < 4.78 is 45.7. The van der Waals surface area contributed by atoms with Gasteiger partial charge in [-0.25, -0.2) is 4.39 Å². The fourth-order valence-electron chi connectivity index (χ4n) is 1.82. The minimum absolute atomic E-state index is 0.0360. The van der Waals surface area contributed by atoms with E-state index in [9.17, 15) is 17.6 Å². The van der Waals surface area contributed by atoms with Gasteiger partial charge in [-0.1, -0.05) is 0 Å². The Morgan fingerprint density at radius 3 is 2.52 bits per heavy atom. The minimum atomic E-state index is -4.28. The second kappa shape index (κ2) is 10.0. The largest absolute Gasteiger partial charge is 0.352 e. The maximum absolute atomic E-state index is 13.3. The summed E-state index contributed by atoms with van der Waals surface area (Å²) in [5.74, 6) is -1.06. The van der Waals surface area contributed by atoms with Crippen molar-refractivity contribution in [2.75, 3.05) is 12.3 Å². The molecule has 23 heavy (non-hydrogen) atoms. The van der Waals surface area contributed by atoms with Gasteiger partial charge >= 0.3 is 0 Å². The molecule has 1 amide bonds. The quantitative estimate of drug-likeness (QED) is 0.190. The average Bonchev–Trinajstić information content (AvgIpc) is 2.40. The van der Waals surface area contributed by atoms with Crippen LogP contribution in [0, 0.1) is 10.7 Å². The van der Waals surface area contributed by atoms with Crippen LogP contribution in [0.1, 0.15) is 29.6 Å². The first-order valence-electron chi connectivity index (χ1n) is 6.62. The molecule has 0 aliphatic carbocycles. The third kappa shape index (κ3) is 8.58. The number of unbranched alkanes of at least 4 members (excludes halogenated alkanes) is 1. The number of benzene rings is 1. The van der Waals surface area contributed by atoms with Crippen LogP contribution in [0.15, 0.2) is 12.1 Å². The second-order valence-electron chi connectivity index (χ2n) is 4.85. The molecule has 0 spiro atoms. The van der Waals surface area contributed by atoms with Crippen molar-refractivity contribution in [3.05, 3.63) is 28.4 Å². The summed E-state index contributed by atoms with van der Waals surface area (Å²) in [6.07, 6.45) is -0.583. The number of hydrogen-bond acceptors (Lipinski definition) is 3. The number of nitrogens with one attached hydrogen (secondary N) is 1. The van der Waals surface area contributed by atoms with E-state index in [1.807, 2.05) is 12.1 Å². The number of halogens is 4. The summed E-state index contributed by atoms with van der Waals surface area (Å²) in [7, 11) is -4.28. The van der Waals surface area contributed by atoms with Gasteiger partial charge in [-0.15, -0.1) is 0 Å². The van der Waals surface area contributed by atoms with Crippen molar-refractivity contribution in [1.82, 2.24) is 5.32 Å². The molecular formula is C13H15FI3NO4S. The fourth-order valence-corrected chi connectivity index (χ4v) is 4.85. The van der Waals surface area contributed by atoms with Crippen LogP contribution < -0.4 is 5.32 Å². The molecule has 0 saturated carbocycles. The highest BCUT2D eigenvalue weighted by Gasteiger charge is 2.16. The van der Waals surface area contributed by atoms with E-state index < -0.39 is 22.0 Å². The van der Waals surface area contributed by atoms with Crippen LogP contribution in [-0.4, -0.2) is 37.3 Å². The van der Waals surface area contributed by atoms with Crippen LogP contribution in [-0.2, 0) is 10.1 Å². The molecule has 1 aromatic rings. The van der Waals surface area contributed by atoms with Crippen molar-refractivity contribution in [2.24, 2.45) is 0 Å². The molecule has 0 saturated heterocycles. The lowest BCUT2D eigenvalue weighted by atomic mass is 10.2. The zero-order valence-electron chi connectivity index (χ0n) is 11.9. The molecule has 0 radical (unpaired) electrons. The van der Waals surface area contributed by atoms with Gasteiger partial charge < -0.3 is 5.32 Å². The molecule has 130 valence electrons. The fraction of sp³-hybridized carbons (Fsp3) is 0.462. The molecule has 1 rings (SSSR count). The summed E-state index contributed by atoms with van der Waals surface area (Å²) in [4.78, 5) is 12.1. The topological polar surface area (TPSA) is 83.5 Å². The summed E-state index contributed by atoms with van der Waals surface area (Å²) in [6.45, 7) is 0.384. The predicted molar refractivity (Wildman–Crippen MR) is 112 cm³/mol. The van der Waals surface area contributed by atoms with Gasteiger partial charge in [-0.05, 0) is 99.2 Å². The van der Waals surface area contributed by atoms with E-state index >= 15 is 0 Å². The maximum Gasteiger partial charge on any atom is 0.267 e. The second-order valence-corrected chi connectivity index (χ2v) is 9.83. The first-order chi connectivity index (χ1) is 10.6. The summed E-state index contributed by atoms with van der Waals surface area (Å²) in [6, 6.07) is 3.79. The SMILES string of the molecule is O=C(NCCCCC(F)CS(=O)(=O)O)c1cc(I)cc(I)c1I. The van der Waals surface area contributed by atoms with Crippen LogP contribution in [0.5, 0.6) is 0 Å². The number of carbonyl (C=O) groups excluding carboxylic acids is 1. The first kappa shape index (κ1) is 21.8. The van der Waals surface area contributed by atoms with Crippen LogP contribution in [0.4, 0.5) is 4.39 Å². The molecule has 0 fully saturated rings. The molecule has 0 aliphatic heterocycles. The Kier molecular flexibility index (Phi) is 9.47. The molecule has 2 N–H and O–H groups in total. The van der Waals surface area contributed by atoms with Gasteiger partial charge in [0.25, 0.3) is 16.0 Å². The maximum atomic E-state index is 13.3. The zero-order valence-corrected chi connectivity index (χ0v) is 19.1. The molecule has 0 heterocycles. The highest BCUT2D eigenvalue weighted by atomic mass is 127. The van der Waals surface area contributed by atoms with Gasteiger partial charge in [0, 0.05) is 17.3 Å². The molecule has 10 heteroatoms. The average molecular weight is 681 g/mol. The summed E-state index contributed by atoms with van der Waals surface area (Å²) in [5.41, 5.74) is 0.608. The third-order valence-corrected chi connectivity index (χ3v) is 7.31. The molecule has 0 aromatic heterocycles. The Labute approximate surface area is 175 Å². The molecule has 0 bridgehead atoms. The molecule has 1 unspecified atom stereocenters. The van der Waals surface area contributed by atoms with E-state index in [0.29, 0.717) is 24.9 Å². The van der Waals surface area contributed by atoms with Gasteiger partial charge in [0.15, 0.2) is 0 Å². The molecule has 1 aromatic carbocycles. The molecule has 1 atom stereocenters. The Bertz CT molecular complexity index is 669. The lowest BCUT2D eigenvalue weighted by molar-refractivity contribution is 0.0951. The van der Waals surface area contributed by atoms with E-state index in [2.05, 4.69) is 73.1 Å². The van der Waals surface area contributed by atoms with Gasteiger partial charge in [-0.3, -0.25) is 9.35 Å². The Hall–Kier alpha value is 0.720. The smallest absolute Gasteiger partial charge is 0.267 e. The van der Waals surface area contributed by atoms with Crippen molar-refractivity contribution in [1.29, 1.82) is 0 Å². The lowest BCUT2D eigenvalue weighted by Crippen LogP contribution is -2.26. The van der Waals surface area contributed by atoms with E-state index in [0.717, 1.165) is 10.7 Å². The highest BCUT2D eigenvalue weighted by Crippen LogP contribution is 2.22. The molecule has 5 nitrogen and oxygen atoms in total. The monoisotopic (exact) mass is 681 g/mol. The van der Waals surface area contributed by atoms with Crippen molar-refractivity contribution in [3.8, 4) is 0 Å². The van der Waals surface area contributed by atoms with Crippen LogP contribution in [0.3, 0.4) is 0 Å². The summed E-state index contributed by atoms with van der Waals surface area (Å²) in [5, 5.41) is 2.78. The third-order valence-electron chi connectivity index (χ3n) is 2.86. The van der Waals surface area contributed by atoms with Crippen molar-refractivity contribution in [3.63, 3.8) is 0 Å². The highest BCUT2D eigenvalue weighted by molar-refractivity contribution is 14.1. The molecule has 0 aliphatic rings. The van der Waals surface area contributed by atoms with Crippen molar-refractivity contribution < 1.29 is 22.2 Å². The van der Waals surface area contributed by atoms with Gasteiger partial charge in [-0.2, -0.15) is 8.42 Å². The van der Waals surface area contributed by atoms with Crippen LogP contribution in [0.25, 0.3) is 0 Å². The summed E-state index contributed by atoms with van der Waals surface area (Å²) >= 11 is 6.45. The lowest BCUT2D eigenvalue weighted by Gasteiger charge is -2.10. The van der Waals surface area contributed by atoms with Gasteiger partial charge in [0.1, 0.15) is 11.9 Å². The van der Waals surface area contributed by atoms with Gasteiger partial charge in [0.2, 0.25) is 0 Å². The van der Waals surface area contributed by atoms with Gasteiger partial charge in [0.05, 0.1) is 5.56 Å². The number of hydrogen-bond donors (Lipinski definition) is 2. The number of alkyl halides is 1. The number of amides is 1. The van der Waals surface area contributed by atoms with E-state index in [-0.39, 0.29) is 12.3 Å². The number of carbonyl (C=O) groups is 1. The minimum Gasteiger partial charge on any atom is -0.352 e. The first-order valence-corrected chi connectivity index (χ1v) is 11.5. The molecular weight excluding hydrogens is 666 g/mol. The zero-order chi connectivity index (χ0) is 17.6.